The third-order valence-electron chi connectivity index (χ3n) is 2.42. The molecule has 0 aromatic heterocycles. The molecule has 0 spiro atoms. The van der Waals surface area contributed by atoms with Gasteiger partial charge in [-0.2, -0.15) is 0 Å². The molecule has 0 aliphatic carbocycles. The van der Waals surface area contributed by atoms with Crippen LogP contribution in [0.2, 0.25) is 0 Å². The summed E-state index contributed by atoms with van der Waals surface area (Å²) in [7, 11) is 0. The van der Waals surface area contributed by atoms with Crippen LogP contribution in [-0.2, 0) is 9.59 Å². The van der Waals surface area contributed by atoms with Gasteiger partial charge in [0.05, 0.1) is 6.54 Å². The van der Waals surface area contributed by atoms with E-state index in [2.05, 4.69) is 5.32 Å². The predicted octanol–water partition coefficient (Wildman–Crippen LogP) is -1.57. The Bertz CT molecular complexity index is 253. The molecular formula is C7H10N2O3. The Labute approximate surface area is 69.3 Å². The molecule has 2 rings (SSSR count). The minimum atomic E-state index is -1.55. The first-order valence-corrected chi connectivity index (χ1v) is 3.96. The minimum Gasteiger partial charge on any atom is -0.363 e. The maximum Gasteiger partial charge on any atom is 0.273 e. The largest absolute Gasteiger partial charge is 0.363 e. The second-order valence-corrected chi connectivity index (χ2v) is 3.15. The first-order valence-electron chi connectivity index (χ1n) is 3.96. The monoisotopic (exact) mass is 170 g/mol. The van der Waals surface area contributed by atoms with Gasteiger partial charge in [0.15, 0.2) is 0 Å². The van der Waals surface area contributed by atoms with Crippen molar-refractivity contribution in [3.8, 4) is 0 Å². The standard InChI is InChI=1S/C7H10N2O3/c10-5-4-8-6(11)7(12)2-1-3-9(5)7/h12H,1-4H2,(H,8,11). The highest BCUT2D eigenvalue weighted by Crippen LogP contribution is 2.28. The van der Waals surface area contributed by atoms with E-state index in [1.807, 2.05) is 0 Å². The van der Waals surface area contributed by atoms with Crippen LogP contribution in [0.5, 0.6) is 0 Å². The Balaban J connectivity index is 2.33. The summed E-state index contributed by atoms with van der Waals surface area (Å²) < 4.78 is 0. The van der Waals surface area contributed by atoms with Crippen LogP contribution < -0.4 is 5.32 Å². The van der Waals surface area contributed by atoms with E-state index in [0.29, 0.717) is 19.4 Å². The Morgan fingerprint density at radius 1 is 1.50 bits per heavy atom. The predicted molar refractivity (Wildman–Crippen MR) is 38.9 cm³/mol. The van der Waals surface area contributed by atoms with Crippen LogP contribution in [0.1, 0.15) is 12.8 Å². The van der Waals surface area contributed by atoms with Crippen molar-refractivity contribution in [3.63, 3.8) is 0 Å². The molecule has 12 heavy (non-hydrogen) atoms. The van der Waals surface area contributed by atoms with Crippen LogP contribution >= 0.6 is 0 Å². The number of carbonyl (C=O) groups excluding carboxylic acids is 2. The smallest absolute Gasteiger partial charge is 0.273 e. The number of nitrogens with one attached hydrogen (secondary N) is 1. The first-order chi connectivity index (χ1) is 5.64. The molecular weight excluding hydrogens is 160 g/mol. The molecule has 0 aromatic rings. The molecule has 1 atom stereocenters. The topological polar surface area (TPSA) is 69.6 Å². The molecule has 2 N–H and O–H groups in total. The lowest BCUT2D eigenvalue weighted by molar-refractivity contribution is -0.174. The summed E-state index contributed by atoms with van der Waals surface area (Å²) in [5.74, 6) is -0.644. The molecule has 66 valence electrons. The van der Waals surface area contributed by atoms with E-state index in [4.69, 9.17) is 0 Å². The summed E-state index contributed by atoms with van der Waals surface area (Å²) in [4.78, 5) is 23.6. The fourth-order valence-electron chi connectivity index (χ4n) is 1.76. The average Bonchev–Trinajstić information content (AvgIpc) is 2.42. The van der Waals surface area contributed by atoms with Crippen LogP contribution in [0.15, 0.2) is 0 Å². The normalized spacial score (nSPS) is 34.9. The SMILES string of the molecule is O=C1CNC(=O)C2(O)CCCN12. The molecule has 1 unspecified atom stereocenters. The Kier molecular flexibility index (Phi) is 1.38. The van der Waals surface area contributed by atoms with Gasteiger partial charge in [-0.05, 0) is 6.42 Å². The second-order valence-electron chi connectivity index (χ2n) is 3.15. The third kappa shape index (κ3) is 0.768. The number of piperazine rings is 1. The maximum absolute atomic E-state index is 11.2. The summed E-state index contributed by atoms with van der Waals surface area (Å²) >= 11 is 0. The molecule has 5 nitrogen and oxygen atoms in total. The molecule has 2 aliphatic heterocycles. The number of hydrogen-bond acceptors (Lipinski definition) is 3. The number of fused-ring (bicyclic) bond motifs is 1. The van der Waals surface area contributed by atoms with Gasteiger partial charge in [0, 0.05) is 13.0 Å². The van der Waals surface area contributed by atoms with Gasteiger partial charge in [0.1, 0.15) is 0 Å². The van der Waals surface area contributed by atoms with Crippen LogP contribution in [-0.4, -0.2) is 40.6 Å². The number of aliphatic hydroxyl groups is 1. The van der Waals surface area contributed by atoms with E-state index in [1.54, 1.807) is 0 Å². The number of hydrogen-bond donors (Lipinski definition) is 2. The van der Waals surface area contributed by atoms with E-state index in [0.717, 1.165) is 0 Å². The zero-order valence-corrected chi connectivity index (χ0v) is 6.54. The van der Waals surface area contributed by atoms with Crippen molar-refractivity contribution in [3.05, 3.63) is 0 Å². The van der Waals surface area contributed by atoms with Gasteiger partial charge in [-0.25, -0.2) is 0 Å². The van der Waals surface area contributed by atoms with Gasteiger partial charge in [-0.1, -0.05) is 0 Å². The summed E-state index contributed by atoms with van der Waals surface area (Å²) in [6, 6.07) is 0. The zero-order chi connectivity index (χ0) is 8.77. The van der Waals surface area contributed by atoms with Crippen molar-refractivity contribution in [1.82, 2.24) is 10.2 Å². The van der Waals surface area contributed by atoms with Crippen LogP contribution in [0, 0.1) is 0 Å². The molecule has 2 amide bonds. The number of nitrogens with zero attached hydrogens (tertiary/aromatic N) is 1. The first kappa shape index (κ1) is 7.54. The highest BCUT2D eigenvalue weighted by Gasteiger charge is 2.50. The van der Waals surface area contributed by atoms with Gasteiger partial charge in [-0.3, -0.25) is 9.59 Å². The van der Waals surface area contributed by atoms with Gasteiger partial charge in [-0.15, -0.1) is 0 Å². The summed E-state index contributed by atoms with van der Waals surface area (Å²) in [6.45, 7) is 0.504. The van der Waals surface area contributed by atoms with Gasteiger partial charge >= 0.3 is 0 Å². The summed E-state index contributed by atoms with van der Waals surface area (Å²) in [6.07, 6.45) is 1.04. The highest BCUT2D eigenvalue weighted by atomic mass is 16.3. The molecule has 0 bridgehead atoms. The molecule has 2 heterocycles. The number of rotatable bonds is 0. The fraction of sp³-hybridized carbons (Fsp3) is 0.714. The third-order valence-corrected chi connectivity index (χ3v) is 2.42. The maximum atomic E-state index is 11.2. The highest BCUT2D eigenvalue weighted by molar-refractivity contribution is 5.97. The molecule has 2 aliphatic rings. The van der Waals surface area contributed by atoms with Crippen molar-refractivity contribution in [2.24, 2.45) is 0 Å². The minimum absolute atomic E-state index is 0.0150. The Morgan fingerprint density at radius 3 is 2.92 bits per heavy atom. The van der Waals surface area contributed by atoms with Crippen molar-refractivity contribution in [2.75, 3.05) is 13.1 Å². The van der Waals surface area contributed by atoms with Crippen molar-refractivity contribution in [1.29, 1.82) is 0 Å². The number of carbonyl (C=O) groups is 2. The average molecular weight is 170 g/mol. The van der Waals surface area contributed by atoms with E-state index in [9.17, 15) is 14.7 Å². The van der Waals surface area contributed by atoms with Crippen LogP contribution in [0.25, 0.3) is 0 Å². The van der Waals surface area contributed by atoms with Gasteiger partial charge in [0.2, 0.25) is 11.6 Å². The van der Waals surface area contributed by atoms with Crippen molar-refractivity contribution >= 4 is 11.8 Å². The van der Waals surface area contributed by atoms with E-state index >= 15 is 0 Å². The van der Waals surface area contributed by atoms with Crippen molar-refractivity contribution < 1.29 is 14.7 Å². The quantitative estimate of drug-likeness (QED) is 0.461. The molecule has 0 radical (unpaired) electrons. The van der Waals surface area contributed by atoms with Crippen LogP contribution in [0.3, 0.4) is 0 Å². The molecule has 2 saturated heterocycles. The van der Waals surface area contributed by atoms with Gasteiger partial charge in [0.25, 0.3) is 5.91 Å². The molecule has 0 saturated carbocycles. The lowest BCUT2D eigenvalue weighted by atomic mass is 10.1. The zero-order valence-electron chi connectivity index (χ0n) is 6.54. The summed E-state index contributed by atoms with van der Waals surface area (Å²) in [5.41, 5.74) is -1.55. The van der Waals surface area contributed by atoms with E-state index in [1.165, 1.54) is 4.90 Å². The van der Waals surface area contributed by atoms with Gasteiger partial charge < -0.3 is 15.3 Å². The Hall–Kier alpha value is -1.10. The molecule has 5 heteroatoms. The Morgan fingerprint density at radius 2 is 2.25 bits per heavy atom. The fourth-order valence-corrected chi connectivity index (χ4v) is 1.76. The lowest BCUT2D eigenvalue weighted by Crippen LogP contribution is -2.64. The van der Waals surface area contributed by atoms with Crippen LogP contribution in [0.4, 0.5) is 0 Å². The number of amides is 2. The second kappa shape index (κ2) is 2.20. The van der Waals surface area contributed by atoms with E-state index < -0.39 is 11.6 Å². The van der Waals surface area contributed by atoms with E-state index in [-0.39, 0.29) is 12.5 Å². The lowest BCUT2D eigenvalue weighted by Gasteiger charge is -2.36. The molecule has 2 fully saturated rings. The van der Waals surface area contributed by atoms with Crippen molar-refractivity contribution in [2.45, 2.75) is 18.6 Å². The summed E-state index contributed by atoms with van der Waals surface area (Å²) in [5, 5.41) is 12.1. The molecule has 0 aromatic carbocycles.